The summed E-state index contributed by atoms with van der Waals surface area (Å²) >= 11 is 0. The van der Waals surface area contributed by atoms with Gasteiger partial charge < -0.3 is 9.84 Å². The molecule has 3 aromatic rings. The Balaban J connectivity index is 0.000000336. The topological polar surface area (TPSA) is 107 Å². The second-order valence-electron chi connectivity index (χ2n) is 6.51. The lowest BCUT2D eigenvalue weighted by Gasteiger charge is -2.09. The number of carboxylic acids is 1. The van der Waals surface area contributed by atoms with Crippen LogP contribution in [0.3, 0.4) is 0 Å². The minimum Gasteiger partial charge on any atom is -0.478 e. The van der Waals surface area contributed by atoms with E-state index in [4.69, 9.17) is 14.0 Å². The van der Waals surface area contributed by atoms with Gasteiger partial charge in [0.15, 0.2) is 0 Å². The number of aromatic carboxylic acids is 1. The predicted molar refractivity (Wildman–Crippen MR) is 121 cm³/mol. The lowest BCUT2D eigenvalue weighted by Crippen LogP contribution is -2.08. The third kappa shape index (κ3) is 7.33. The fourth-order valence-corrected chi connectivity index (χ4v) is 3.11. The summed E-state index contributed by atoms with van der Waals surface area (Å²) in [4.78, 5) is 22.0. The third-order valence-corrected chi connectivity index (χ3v) is 5.56. The zero-order valence-corrected chi connectivity index (χ0v) is 18.5. The Morgan fingerprint density at radius 3 is 2.00 bits per heavy atom. The Morgan fingerprint density at radius 1 is 0.875 bits per heavy atom. The van der Waals surface area contributed by atoms with Gasteiger partial charge in [0.2, 0.25) is 0 Å². The van der Waals surface area contributed by atoms with E-state index in [2.05, 4.69) is 0 Å². The van der Waals surface area contributed by atoms with Gasteiger partial charge in [-0.05, 0) is 41.8 Å². The molecular formula is C24H24O7S. The first-order chi connectivity index (χ1) is 15.3. The Kier molecular flexibility index (Phi) is 9.12. The highest BCUT2D eigenvalue weighted by Crippen LogP contribution is 2.25. The molecule has 0 spiro atoms. The summed E-state index contributed by atoms with van der Waals surface area (Å²) in [7, 11) is -2.12. The zero-order chi connectivity index (χ0) is 23.6. The van der Waals surface area contributed by atoms with Gasteiger partial charge in [0.25, 0.3) is 10.1 Å². The molecule has 0 fully saturated rings. The van der Waals surface area contributed by atoms with Gasteiger partial charge in [0.05, 0.1) is 30.6 Å². The molecule has 0 radical (unpaired) electrons. The molecule has 0 amide bonds. The highest BCUT2D eigenvalue weighted by atomic mass is 32.2. The van der Waals surface area contributed by atoms with Crippen molar-refractivity contribution < 1.29 is 32.0 Å². The van der Waals surface area contributed by atoms with Gasteiger partial charge in [-0.3, -0.25) is 4.18 Å². The number of hydrogen-bond donors (Lipinski definition) is 1. The van der Waals surface area contributed by atoms with Gasteiger partial charge >= 0.3 is 11.9 Å². The van der Waals surface area contributed by atoms with Crippen LogP contribution >= 0.6 is 0 Å². The number of hydrogen-bond acceptors (Lipinski definition) is 6. The normalized spacial score (nSPS) is 10.6. The monoisotopic (exact) mass is 456 g/mol. The van der Waals surface area contributed by atoms with Crippen LogP contribution in [0.5, 0.6) is 0 Å². The number of carbonyl (C=O) groups is 2. The van der Waals surface area contributed by atoms with Crippen LogP contribution in [-0.4, -0.2) is 38.3 Å². The second-order valence-corrected chi connectivity index (χ2v) is 8.44. The maximum atomic E-state index is 11.8. The minimum atomic E-state index is -3.46. The van der Waals surface area contributed by atoms with Gasteiger partial charge in [0, 0.05) is 0 Å². The number of carbonyl (C=O) groups excluding carboxylic acids is 1. The van der Waals surface area contributed by atoms with Gasteiger partial charge in [-0.1, -0.05) is 60.7 Å². The maximum Gasteiger partial charge on any atom is 0.338 e. The fourth-order valence-electron chi connectivity index (χ4n) is 2.63. The first-order valence-corrected chi connectivity index (χ1v) is 11.3. The molecule has 0 saturated carbocycles. The zero-order valence-electron chi connectivity index (χ0n) is 17.7. The average Bonchev–Trinajstić information content (AvgIpc) is 2.83. The summed E-state index contributed by atoms with van der Waals surface area (Å²) in [5.41, 5.74) is 3.15. The summed E-state index contributed by atoms with van der Waals surface area (Å²) in [6.45, 7) is 1.53. The standard InChI is InChI=1S/C17H18O5S.C7H6O2/c1-3-23(19,20)22-12-13-8-10-14(11-9-13)15-6-4-5-7-16(15)17(18)21-2;8-7(9)6-4-2-1-3-5-6/h4-11H,3,12H2,1-2H3;1-5H,(H,8,9). The summed E-state index contributed by atoms with van der Waals surface area (Å²) in [5.74, 6) is -1.34. The molecule has 8 heteroatoms. The van der Waals surface area contributed by atoms with Gasteiger partial charge in [0.1, 0.15) is 0 Å². The van der Waals surface area contributed by atoms with Crippen molar-refractivity contribution in [3.05, 3.63) is 95.6 Å². The van der Waals surface area contributed by atoms with Crippen molar-refractivity contribution in [1.29, 1.82) is 0 Å². The largest absolute Gasteiger partial charge is 0.478 e. The van der Waals surface area contributed by atoms with E-state index in [1.165, 1.54) is 14.0 Å². The number of ether oxygens (including phenoxy) is 1. The molecular weight excluding hydrogens is 432 g/mol. The highest BCUT2D eigenvalue weighted by molar-refractivity contribution is 7.86. The molecule has 3 aromatic carbocycles. The van der Waals surface area contributed by atoms with Crippen LogP contribution in [0, 0.1) is 0 Å². The van der Waals surface area contributed by atoms with Crippen LogP contribution < -0.4 is 0 Å². The number of carboxylic acid groups (broad SMARTS) is 1. The molecule has 0 unspecified atom stereocenters. The molecule has 0 saturated heterocycles. The van der Waals surface area contributed by atoms with Gasteiger partial charge in [-0.2, -0.15) is 8.42 Å². The number of benzene rings is 3. The average molecular weight is 457 g/mol. The van der Waals surface area contributed by atoms with Crippen LogP contribution in [0.15, 0.2) is 78.9 Å². The van der Waals surface area contributed by atoms with Crippen LogP contribution in [0.4, 0.5) is 0 Å². The quantitative estimate of drug-likeness (QED) is 0.415. The van der Waals surface area contributed by atoms with Crippen molar-refractivity contribution in [2.45, 2.75) is 13.5 Å². The smallest absolute Gasteiger partial charge is 0.338 e. The van der Waals surface area contributed by atoms with Crippen molar-refractivity contribution in [3.8, 4) is 11.1 Å². The van der Waals surface area contributed by atoms with Crippen molar-refractivity contribution in [1.82, 2.24) is 0 Å². The minimum absolute atomic E-state index is 0.00486. The predicted octanol–water partition coefficient (Wildman–Crippen LogP) is 4.39. The van der Waals surface area contributed by atoms with Crippen LogP contribution in [0.25, 0.3) is 11.1 Å². The lowest BCUT2D eigenvalue weighted by molar-refractivity contribution is 0.0600. The van der Waals surface area contributed by atoms with Crippen molar-refractivity contribution in [2.24, 2.45) is 0 Å². The maximum absolute atomic E-state index is 11.8. The molecule has 1 N–H and O–H groups in total. The molecule has 0 aliphatic heterocycles. The van der Waals surface area contributed by atoms with Crippen molar-refractivity contribution in [3.63, 3.8) is 0 Å². The van der Waals surface area contributed by atoms with Crippen molar-refractivity contribution in [2.75, 3.05) is 12.9 Å². The van der Waals surface area contributed by atoms with Crippen LogP contribution in [0.1, 0.15) is 33.2 Å². The van der Waals surface area contributed by atoms with E-state index in [9.17, 15) is 18.0 Å². The van der Waals surface area contributed by atoms with E-state index in [0.29, 0.717) is 11.1 Å². The molecule has 7 nitrogen and oxygen atoms in total. The lowest BCUT2D eigenvalue weighted by atomic mass is 9.99. The van der Waals surface area contributed by atoms with Gasteiger partial charge in [-0.25, -0.2) is 9.59 Å². The molecule has 3 rings (SSSR count). The van der Waals surface area contributed by atoms with E-state index in [1.807, 2.05) is 24.3 Å². The summed E-state index contributed by atoms with van der Waals surface area (Å²) in [6, 6.07) is 22.6. The first-order valence-electron chi connectivity index (χ1n) is 9.69. The van der Waals surface area contributed by atoms with E-state index in [0.717, 1.165) is 16.7 Å². The Morgan fingerprint density at radius 2 is 1.47 bits per heavy atom. The molecule has 0 bridgehead atoms. The van der Waals surface area contributed by atoms with E-state index in [1.54, 1.807) is 54.6 Å². The molecule has 32 heavy (non-hydrogen) atoms. The van der Waals surface area contributed by atoms with Crippen LogP contribution in [0.2, 0.25) is 0 Å². The van der Waals surface area contributed by atoms with E-state index >= 15 is 0 Å². The van der Waals surface area contributed by atoms with E-state index < -0.39 is 22.1 Å². The Hall–Kier alpha value is -3.49. The number of rotatable bonds is 7. The van der Waals surface area contributed by atoms with Crippen molar-refractivity contribution >= 4 is 22.1 Å². The SMILES string of the molecule is CCS(=O)(=O)OCc1ccc(-c2ccccc2C(=O)OC)cc1.O=C(O)c1ccccc1. The van der Waals surface area contributed by atoms with E-state index in [-0.39, 0.29) is 12.4 Å². The van der Waals surface area contributed by atoms with Gasteiger partial charge in [-0.15, -0.1) is 0 Å². The molecule has 0 atom stereocenters. The second kappa shape index (κ2) is 11.8. The van der Waals surface area contributed by atoms with Crippen LogP contribution in [-0.2, 0) is 25.6 Å². The molecule has 168 valence electrons. The summed E-state index contributed by atoms with van der Waals surface area (Å²) < 4.78 is 32.4. The summed E-state index contributed by atoms with van der Waals surface area (Å²) in [6.07, 6.45) is 0. The third-order valence-electron chi connectivity index (χ3n) is 4.38. The Labute approximate surface area is 187 Å². The number of esters is 1. The molecule has 0 heterocycles. The number of methoxy groups -OCH3 is 1. The fraction of sp³-hybridized carbons (Fsp3) is 0.167. The molecule has 0 aromatic heterocycles. The molecule has 0 aliphatic carbocycles. The highest BCUT2D eigenvalue weighted by Gasteiger charge is 2.13. The molecule has 0 aliphatic rings. The Bertz CT molecular complexity index is 1140. The first kappa shape index (κ1) is 24.8. The summed E-state index contributed by atoms with van der Waals surface area (Å²) in [5, 5.41) is 8.38.